The number of piperazine rings is 1. The number of rotatable bonds is 6. The first-order valence-electron chi connectivity index (χ1n) is 11.2. The Hall–Kier alpha value is -3.77. The number of thioether (sulfide) groups is 1. The maximum atomic E-state index is 12.3. The van der Waals surface area contributed by atoms with Crippen LogP contribution in [0.1, 0.15) is 11.5 Å². The van der Waals surface area contributed by atoms with Gasteiger partial charge in [0.05, 0.1) is 21.5 Å². The molecule has 3 N–H and O–H groups in total. The summed E-state index contributed by atoms with van der Waals surface area (Å²) in [6, 6.07) is 9.03. The smallest absolute Gasteiger partial charge is 0.290 e. The van der Waals surface area contributed by atoms with Gasteiger partial charge in [-0.15, -0.1) is 0 Å². The van der Waals surface area contributed by atoms with Crippen LogP contribution in [0.15, 0.2) is 40.0 Å². The Morgan fingerprint density at radius 2 is 1.89 bits per heavy atom. The first-order valence-corrected chi connectivity index (χ1v) is 12.1. The van der Waals surface area contributed by atoms with E-state index in [9.17, 15) is 14.4 Å². The molecule has 0 spiro atoms. The summed E-state index contributed by atoms with van der Waals surface area (Å²) in [5.41, 5.74) is 1.01. The Kier molecular flexibility index (Phi) is 6.47. The van der Waals surface area contributed by atoms with Crippen LogP contribution in [-0.4, -0.2) is 75.8 Å². The predicted octanol–water partition coefficient (Wildman–Crippen LogP) is 1.44. The Labute approximate surface area is 205 Å². The summed E-state index contributed by atoms with van der Waals surface area (Å²) in [5.74, 6) is 1.28. The second-order valence-electron chi connectivity index (χ2n) is 8.32. The van der Waals surface area contributed by atoms with Crippen molar-refractivity contribution in [3.8, 4) is 0 Å². The van der Waals surface area contributed by atoms with Crippen LogP contribution in [0.3, 0.4) is 0 Å². The topological polar surface area (TPSA) is 136 Å². The zero-order valence-corrected chi connectivity index (χ0v) is 19.9. The van der Waals surface area contributed by atoms with Crippen molar-refractivity contribution in [2.45, 2.75) is 6.42 Å². The average Bonchev–Trinajstić information content (AvgIpc) is 3.15. The van der Waals surface area contributed by atoms with Crippen LogP contribution in [0.5, 0.6) is 0 Å². The van der Waals surface area contributed by atoms with Gasteiger partial charge in [0.2, 0.25) is 5.95 Å². The molecule has 3 aromatic rings. The Morgan fingerprint density at radius 1 is 1.09 bits per heavy atom. The molecule has 2 aliphatic rings. The maximum Gasteiger partial charge on any atom is 0.290 e. The summed E-state index contributed by atoms with van der Waals surface area (Å²) < 4.78 is 0. The van der Waals surface area contributed by atoms with Gasteiger partial charge in [0.1, 0.15) is 11.6 Å². The highest BCUT2D eigenvalue weighted by molar-refractivity contribution is 8.18. The van der Waals surface area contributed by atoms with E-state index in [1.165, 1.54) is 0 Å². The fourth-order valence-electron chi connectivity index (χ4n) is 3.90. The summed E-state index contributed by atoms with van der Waals surface area (Å²) in [6.07, 6.45) is 2.06. The van der Waals surface area contributed by atoms with Crippen LogP contribution >= 0.6 is 11.8 Å². The highest BCUT2D eigenvalue weighted by atomic mass is 32.2. The van der Waals surface area contributed by atoms with Crippen molar-refractivity contribution in [1.29, 1.82) is 0 Å². The molecular formula is C23H24N8O3S. The number of para-hydroxylation sites is 1. The Bertz CT molecular complexity index is 1380. The van der Waals surface area contributed by atoms with Gasteiger partial charge in [-0.3, -0.25) is 19.7 Å². The number of amides is 2. The van der Waals surface area contributed by atoms with Crippen LogP contribution < -0.4 is 21.1 Å². The summed E-state index contributed by atoms with van der Waals surface area (Å²) in [4.78, 5) is 57.2. The van der Waals surface area contributed by atoms with Gasteiger partial charge in [-0.1, -0.05) is 12.1 Å². The fourth-order valence-corrected chi connectivity index (χ4v) is 4.57. The summed E-state index contributed by atoms with van der Waals surface area (Å²) in [6.45, 7) is 3.91. The van der Waals surface area contributed by atoms with Crippen LogP contribution in [-0.2, 0) is 11.2 Å². The molecule has 35 heavy (non-hydrogen) atoms. The second kappa shape index (κ2) is 9.84. The zero-order valence-electron chi connectivity index (χ0n) is 19.1. The molecule has 2 saturated heterocycles. The maximum absolute atomic E-state index is 12.3. The number of aromatic nitrogens is 4. The van der Waals surface area contributed by atoms with Crippen molar-refractivity contribution >= 4 is 51.7 Å². The van der Waals surface area contributed by atoms with E-state index in [0.717, 1.165) is 43.8 Å². The van der Waals surface area contributed by atoms with E-state index in [2.05, 4.69) is 47.4 Å². The number of hydrogen-bond donors (Lipinski definition) is 3. The molecule has 0 unspecified atom stereocenters. The number of likely N-dealkylation sites (N-methyl/N-ethyl adjacent to an activating group) is 1. The molecule has 0 aliphatic carbocycles. The number of nitrogens with zero attached hydrogens (tertiary/aromatic N) is 5. The molecule has 2 amide bonds. The molecule has 2 aromatic heterocycles. The van der Waals surface area contributed by atoms with Crippen LogP contribution in [0.25, 0.3) is 17.0 Å². The van der Waals surface area contributed by atoms with Crippen LogP contribution in [0.2, 0.25) is 0 Å². The third-order valence-electron chi connectivity index (χ3n) is 5.79. The number of benzene rings is 1. The van der Waals surface area contributed by atoms with Crippen molar-refractivity contribution in [3.63, 3.8) is 0 Å². The van der Waals surface area contributed by atoms with Crippen molar-refractivity contribution in [2.24, 2.45) is 0 Å². The summed E-state index contributed by atoms with van der Waals surface area (Å²) in [5, 5.41) is 5.62. The lowest BCUT2D eigenvalue weighted by Gasteiger charge is -2.33. The molecule has 5 rings (SSSR count). The van der Waals surface area contributed by atoms with Crippen molar-refractivity contribution in [2.75, 3.05) is 50.0 Å². The van der Waals surface area contributed by atoms with E-state index in [1.807, 2.05) is 24.3 Å². The first kappa shape index (κ1) is 23.0. The van der Waals surface area contributed by atoms with Gasteiger partial charge in [-0.05, 0) is 37.0 Å². The van der Waals surface area contributed by atoms with Crippen molar-refractivity contribution < 1.29 is 9.59 Å². The van der Waals surface area contributed by atoms with Crippen LogP contribution in [0.4, 0.5) is 16.6 Å². The monoisotopic (exact) mass is 492 g/mol. The molecular weight excluding hydrogens is 468 g/mol. The number of hydrogen-bond acceptors (Lipinski definition) is 10. The molecule has 12 heteroatoms. The quantitative estimate of drug-likeness (QED) is 0.434. The van der Waals surface area contributed by atoms with Crippen molar-refractivity contribution in [3.05, 3.63) is 57.1 Å². The molecule has 0 radical (unpaired) electrons. The largest absolute Gasteiger partial charge is 0.354 e. The molecule has 1 aromatic carbocycles. The number of carbonyl (C=O) groups is 2. The molecule has 180 valence electrons. The van der Waals surface area contributed by atoms with E-state index < -0.39 is 11.1 Å². The second-order valence-corrected chi connectivity index (χ2v) is 9.34. The van der Waals surface area contributed by atoms with Crippen LogP contribution in [0, 0.1) is 0 Å². The fraction of sp³-hybridized carbons (Fsp3) is 0.304. The van der Waals surface area contributed by atoms with E-state index in [0.29, 0.717) is 46.2 Å². The third-order valence-corrected chi connectivity index (χ3v) is 6.60. The van der Waals surface area contributed by atoms with E-state index >= 15 is 0 Å². The molecule has 4 heterocycles. The lowest BCUT2D eigenvalue weighted by Crippen LogP contribution is -2.44. The first-order chi connectivity index (χ1) is 16.9. The molecule has 0 atom stereocenters. The molecule has 0 bridgehead atoms. The number of carbonyl (C=O) groups excluding carboxylic acids is 2. The highest BCUT2D eigenvalue weighted by Crippen LogP contribution is 2.26. The number of fused-ring (bicyclic) bond motifs is 1. The highest BCUT2D eigenvalue weighted by Gasteiger charge is 2.25. The third kappa shape index (κ3) is 5.33. The summed E-state index contributed by atoms with van der Waals surface area (Å²) >= 11 is 0.852. The van der Waals surface area contributed by atoms with Gasteiger partial charge in [0.25, 0.3) is 16.7 Å². The standard InChI is InChI=1S/C23H24N8O3S/c1-30-8-10-31(11-9-30)19-13-14(12-17-21(33)29-23(34)35-17)25-22(28-19)24-7-6-18-26-16-5-3-2-4-15(16)20(32)27-18/h2-5,12-13H,6-11H2,1H3,(H,24,25,28)(H,26,27,32)(H,29,33,34)/b17-12+. The molecule has 2 aliphatic heterocycles. The predicted molar refractivity (Wildman–Crippen MR) is 135 cm³/mol. The van der Waals surface area contributed by atoms with Gasteiger partial charge in [0.15, 0.2) is 0 Å². The minimum atomic E-state index is -0.430. The normalized spacial score (nSPS) is 17.9. The van der Waals surface area contributed by atoms with Gasteiger partial charge in [-0.25, -0.2) is 9.97 Å². The van der Waals surface area contributed by atoms with E-state index in [1.54, 1.807) is 12.1 Å². The van der Waals surface area contributed by atoms with Gasteiger partial charge in [0, 0.05) is 45.2 Å². The summed E-state index contributed by atoms with van der Waals surface area (Å²) in [7, 11) is 2.08. The lowest BCUT2D eigenvalue weighted by atomic mass is 10.2. The zero-order chi connectivity index (χ0) is 24.4. The molecule has 11 nitrogen and oxygen atoms in total. The molecule has 0 saturated carbocycles. The lowest BCUT2D eigenvalue weighted by molar-refractivity contribution is -0.115. The number of H-pyrrole nitrogens is 1. The number of nitrogens with one attached hydrogen (secondary N) is 3. The SMILES string of the molecule is CN1CCN(c2cc(/C=C3/SC(=O)NC3=O)nc(NCCc3nc4ccccc4c(=O)[nH]3)n2)CC1. The minimum Gasteiger partial charge on any atom is -0.354 e. The van der Waals surface area contributed by atoms with E-state index in [-0.39, 0.29) is 5.56 Å². The minimum absolute atomic E-state index is 0.172. The van der Waals surface area contributed by atoms with Gasteiger partial charge in [-0.2, -0.15) is 4.98 Å². The van der Waals surface area contributed by atoms with E-state index in [4.69, 9.17) is 0 Å². The Balaban J connectivity index is 1.36. The molecule has 2 fully saturated rings. The van der Waals surface area contributed by atoms with Gasteiger partial charge >= 0.3 is 0 Å². The number of imide groups is 1. The van der Waals surface area contributed by atoms with Gasteiger partial charge < -0.3 is 20.1 Å². The number of anilines is 2. The average molecular weight is 493 g/mol. The number of aromatic amines is 1. The Morgan fingerprint density at radius 3 is 2.66 bits per heavy atom. The van der Waals surface area contributed by atoms with Crippen molar-refractivity contribution in [1.82, 2.24) is 30.2 Å².